The van der Waals surface area contributed by atoms with Crippen LogP contribution in [0.5, 0.6) is 0 Å². The average Bonchev–Trinajstić information content (AvgIpc) is 3.47. The van der Waals surface area contributed by atoms with Gasteiger partial charge in [0, 0.05) is 5.56 Å². The van der Waals surface area contributed by atoms with Crippen molar-refractivity contribution in [1.29, 1.82) is 0 Å². The topological polar surface area (TPSA) is 142 Å². The predicted octanol–water partition coefficient (Wildman–Crippen LogP) is 1.53. The van der Waals surface area contributed by atoms with Gasteiger partial charge in [0.2, 0.25) is 15.9 Å². The van der Waals surface area contributed by atoms with Crippen LogP contribution in [0.15, 0.2) is 76.5 Å². The predicted molar refractivity (Wildman–Crippen MR) is 126 cm³/mol. The lowest BCUT2D eigenvalue weighted by Crippen LogP contribution is -2.54. The number of nitrogens with one attached hydrogen (secondary N) is 2. The van der Waals surface area contributed by atoms with Crippen LogP contribution >= 0.6 is 0 Å². The zero-order valence-corrected chi connectivity index (χ0v) is 19.2. The number of amides is 1. The number of carbonyl (C=O) groups excluding carboxylic acids is 1. The molecule has 9 nitrogen and oxygen atoms in total. The minimum atomic E-state index is -4.06. The van der Waals surface area contributed by atoms with Crippen LogP contribution in [0.25, 0.3) is 11.3 Å². The molecule has 0 saturated heterocycles. The Balaban J connectivity index is 1.53. The summed E-state index contributed by atoms with van der Waals surface area (Å²) in [6.45, 7) is 0. The summed E-state index contributed by atoms with van der Waals surface area (Å²) in [4.78, 5) is 16.9. The minimum Gasteiger partial charge on any atom is -0.444 e. The van der Waals surface area contributed by atoms with Crippen molar-refractivity contribution in [2.75, 3.05) is 0 Å². The van der Waals surface area contributed by atoms with Crippen molar-refractivity contribution in [2.24, 2.45) is 5.92 Å². The van der Waals surface area contributed by atoms with Crippen LogP contribution in [0.4, 0.5) is 0 Å². The quantitative estimate of drug-likeness (QED) is 0.303. The molecule has 11 heteroatoms. The summed E-state index contributed by atoms with van der Waals surface area (Å²) < 4.78 is 33.9. The van der Waals surface area contributed by atoms with E-state index in [1.807, 2.05) is 6.07 Å². The van der Waals surface area contributed by atoms with Crippen LogP contribution in [0.1, 0.15) is 24.8 Å². The molecule has 4 rings (SSSR count). The van der Waals surface area contributed by atoms with Gasteiger partial charge in [0.25, 0.3) is 0 Å². The molecule has 0 bridgehead atoms. The summed E-state index contributed by atoms with van der Waals surface area (Å²) in [7, 11) is -5.79. The molecule has 2 atom stereocenters. The summed E-state index contributed by atoms with van der Waals surface area (Å²) >= 11 is 0. The maximum atomic E-state index is 13.1. The van der Waals surface area contributed by atoms with E-state index in [0.717, 1.165) is 18.4 Å². The molecular formula is C23H26BN3O6S. The highest BCUT2D eigenvalue weighted by Crippen LogP contribution is 2.33. The third-order valence-corrected chi connectivity index (χ3v) is 7.24. The largest absolute Gasteiger partial charge is 0.475 e. The Bertz CT molecular complexity index is 1180. The van der Waals surface area contributed by atoms with Crippen molar-refractivity contribution >= 4 is 23.0 Å². The van der Waals surface area contributed by atoms with Crippen LogP contribution < -0.4 is 10.0 Å². The molecular weight excluding hydrogens is 457 g/mol. The first kappa shape index (κ1) is 24.1. The van der Waals surface area contributed by atoms with Crippen molar-refractivity contribution in [3.63, 3.8) is 0 Å². The minimum absolute atomic E-state index is 0.0154. The van der Waals surface area contributed by atoms with Crippen molar-refractivity contribution < 1.29 is 27.7 Å². The number of benzene rings is 2. The first-order valence-corrected chi connectivity index (χ1v) is 12.5. The molecule has 3 aromatic rings. The van der Waals surface area contributed by atoms with Crippen LogP contribution in [0.2, 0.25) is 0 Å². The van der Waals surface area contributed by atoms with Gasteiger partial charge < -0.3 is 19.8 Å². The molecule has 1 aliphatic carbocycles. The summed E-state index contributed by atoms with van der Waals surface area (Å²) in [5.41, 5.74) is 1.42. The van der Waals surface area contributed by atoms with Gasteiger partial charge in [-0.05, 0) is 48.6 Å². The van der Waals surface area contributed by atoms with Crippen molar-refractivity contribution in [1.82, 2.24) is 15.0 Å². The Labute approximate surface area is 198 Å². The molecule has 178 valence electrons. The van der Waals surface area contributed by atoms with Gasteiger partial charge in [-0.2, -0.15) is 4.72 Å². The SMILES string of the molecule is O=C(N[C@@H](CC1CC1)B(O)O)[C@H](Cc1ccccc1)NS(=O)(=O)c1ccc(-c2cnco2)cc1. The van der Waals surface area contributed by atoms with Gasteiger partial charge in [0.1, 0.15) is 6.04 Å². The summed E-state index contributed by atoms with van der Waals surface area (Å²) in [6.07, 6.45) is 5.28. The number of rotatable bonds is 11. The number of oxazole rings is 1. The maximum absolute atomic E-state index is 13.1. The molecule has 0 spiro atoms. The smallest absolute Gasteiger partial charge is 0.444 e. The van der Waals surface area contributed by atoms with Crippen LogP contribution in [-0.2, 0) is 21.2 Å². The third kappa shape index (κ3) is 6.32. The van der Waals surface area contributed by atoms with E-state index in [0.29, 0.717) is 23.7 Å². The van der Waals surface area contributed by atoms with Gasteiger partial charge in [-0.15, -0.1) is 0 Å². The van der Waals surface area contributed by atoms with Crippen molar-refractivity contribution in [3.8, 4) is 11.3 Å². The molecule has 0 aliphatic heterocycles. The molecule has 1 fully saturated rings. The highest BCUT2D eigenvalue weighted by Gasteiger charge is 2.35. The van der Waals surface area contributed by atoms with E-state index >= 15 is 0 Å². The van der Waals surface area contributed by atoms with Gasteiger partial charge in [-0.1, -0.05) is 43.2 Å². The number of aromatic nitrogens is 1. The normalized spacial score (nSPS) is 15.5. The number of hydrogen-bond donors (Lipinski definition) is 4. The maximum Gasteiger partial charge on any atom is 0.475 e. The number of carbonyl (C=O) groups is 1. The second kappa shape index (κ2) is 10.5. The molecule has 0 radical (unpaired) electrons. The average molecular weight is 483 g/mol. The zero-order valence-electron chi connectivity index (χ0n) is 18.4. The van der Waals surface area contributed by atoms with Gasteiger partial charge in [0.15, 0.2) is 12.2 Å². The van der Waals surface area contributed by atoms with E-state index in [2.05, 4.69) is 15.0 Å². The first-order valence-electron chi connectivity index (χ1n) is 11.0. The monoisotopic (exact) mass is 483 g/mol. The first-order chi connectivity index (χ1) is 16.3. The molecule has 1 amide bonds. The summed E-state index contributed by atoms with van der Waals surface area (Å²) in [5.74, 6) is -0.657. The van der Waals surface area contributed by atoms with Gasteiger partial charge in [-0.3, -0.25) is 4.79 Å². The highest BCUT2D eigenvalue weighted by atomic mass is 32.2. The van der Waals surface area contributed by atoms with E-state index in [1.165, 1.54) is 24.7 Å². The molecule has 1 heterocycles. The molecule has 34 heavy (non-hydrogen) atoms. The van der Waals surface area contributed by atoms with Crippen LogP contribution in [0.3, 0.4) is 0 Å². The molecule has 1 aliphatic rings. The third-order valence-electron chi connectivity index (χ3n) is 5.75. The fourth-order valence-corrected chi connectivity index (χ4v) is 4.90. The lowest BCUT2D eigenvalue weighted by Gasteiger charge is -2.23. The number of sulfonamides is 1. The van der Waals surface area contributed by atoms with E-state index in [4.69, 9.17) is 4.42 Å². The fraction of sp³-hybridized carbons (Fsp3) is 0.304. The van der Waals surface area contributed by atoms with Crippen LogP contribution in [0, 0.1) is 5.92 Å². The molecule has 0 unspecified atom stereocenters. The Kier molecular flexibility index (Phi) is 7.47. The lowest BCUT2D eigenvalue weighted by molar-refractivity contribution is -0.123. The highest BCUT2D eigenvalue weighted by molar-refractivity contribution is 7.89. The molecule has 1 saturated carbocycles. The van der Waals surface area contributed by atoms with Crippen molar-refractivity contribution in [3.05, 3.63) is 72.8 Å². The number of hydrogen-bond acceptors (Lipinski definition) is 7. The van der Waals surface area contributed by atoms with Gasteiger partial charge in [-0.25, -0.2) is 13.4 Å². The molecule has 2 aromatic carbocycles. The second-order valence-corrected chi connectivity index (χ2v) is 10.2. The van der Waals surface area contributed by atoms with E-state index in [-0.39, 0.29) is 11.3 Å². The van der Waals surface area contributed by atoms with E-state index in [9.17, 15) is 23.3 Å². The van der Waals surface area contributed by atoms with Crippen LogP contribution in [-0.4, -0.2) is 48.5 Å². The summed E-state index contributed by atoms with van der Waals surface area (Å²) in [6, 6.07) is 13.9. The van der Waals surface area contributed by atoms with Gasteiger partial charge in [0.05, 0.1) is 17.0 Å². The Morgan fingerprint density at radius 2 is 1.82 bits per heavy atom. The fourth-order valence-electron chi connectivity index (χ4n) is 3.70. The molecule has 1 aromatic heterocycles. The van der Waals surface area contributed by atoms with Crippen molar-refractivity contribution in [2.45, 2.75) is 42.6 Å². The van der Waals surface area contributed by atoms with E-state index in [1.54, 1.807) is 36.4 Å². The van der Waals surface area contributed by atoms with E-state index < -0.39 is 35.0 Å². The Hall–Kier alpha value is -2.99. The second-order valence-electron chi connectivity index (χ2n) is 8.46. The van der Waals surface area contributed by atoms with Gasteiger partial charge >= 0.3 is 7.12 Å². The number of nitrogens with zero attached hydrogens (tertiary/aromatic N) is 1. The lowest BCUT2D eigenvalue weighted by atomic mass is 9.76. The molecule has 4 N–H and O–H groups in total. The Morgan fingerprint density at radius 3 is 2.41 bits per heavy atom. The Morgan fingerprint density at radius 1 is 1.12 bits per heavy atom. The zero-order chi connectivity index (χ0) is 24.1. The standard InChI is InChI=1S/C23H26BN3O6S/c28-23(26-22(24(29)30)13-17-6-7-17)20(12-16-4-2-1-3-5-16)27-34(31,32)19-10-8-18(9-11-19)21-14-25-15-33-21/h1-5,8-11,14-15,17,20,22,27,29-30H,6-7,12-13H2,(H,26,28)/t20-,22-/m0/s1. The summed E-state index contributed by atoms with van der Waals surface area (Å²) in [5, 5.41) is 22.1.